The standard InChI is InChI=1S/C16H23NO4S/c1-11-9-14(12(2)8-13(11)20-3)22(18,19)17-15-10-16(15)4-6-21-7-5-16/h8-9,15,17H,4-7,10H2,1-3H3. The molecule has 2 aliphatic rings. The summed E-state index contributed by atoms with van der Waals surface area (Å²) in [5.41, 5.74) is 1.66. The van der Waals surface area contributed by atoms with E-state index in [2.05, 4.69) is 4.72 Å². The number of hydrogen-bond donors (Lipinski definition) is 1. The van der Waals surface area contributed by atoms with Crippen LogP contribution in [0.25, 0.3) is 0 Å². The molecule has 1 aliphatic carbocycles. The average molecular weight is 325 g/mol. The summed E-state index contributed by atoms with van der Waals surface area (Å²) in [5, 5.41) is 0. The van der Waals surface area contributed by atoms with E-state index in [0.29, 0.717) is 16.2 Å². The van der Waals surface area contributed by atoms with Crippen LogP contribution in [0.4, 0.5) is 0 Å². The van der Waals surface area contributed by atoms with E-state index in [-0.39, 0.29) is 11.5 Å². The van der Waals surface area contributed by atoms with Crippen LogP contribution in [0.15, 0.2) is 17.0 Å². The first-order chi connectivity index (χ1) is 10.4. The number of aryl methyl sites for hydroxylation is 2. The monoisotopic (exact) mass is 325 g/mol. The number of rotatable bonds is 4. The fourth-order valence-electron chi connectivity index (χ4n) is 3.37. The Hall–Kier alpha value is -1.11. The van der Waals surface area contributed by atoms with Crippen molar-refractivity contribution < 1.29 is 17.9 Å². The predicted octanol–water partition coefficient (Wildman–Crippen LogP) is 2.16. The number of methoxy groups -OCH3 is 1. The van der Waals surface area contributed by atoms with Crippen molar-refractivity contribution in [1.29, 1.82) is 0 Å². The van der Waals surface area contributed by atoms with Gasteiger partial charge in [0.1, 0.15) is 5.75 Å². The fourth-order valence-corrected chi connectivity index (χ4v) is 5.02. The van der Waals surface area contributed by atoms with Gasteiger partial charge in [-0.25, -0.2) is 13.1 Å². The summed E-state index contributed by atoms with van der Waals surface area (Å²) in [6.07, 6.45) is 2.81. The fraction of sp³-hybridized carbons (Fsp3) is 0.625. The Labute approximate surface area is 132 Å². The molecule has 1 aliphatic heterocycles. The third kappa shape index (κ3) is 2.75. The number of nitrogens with one attached hydrogen (secondary N) is 1. The summed E-state index contributed by atoms with van der Waals surface area (Å²) in [6, 6.07) is 3.51. The Morgan fingerprint density at radius 2 is 1.91 bits per heavy atom. The van der Waals surface area contributed by atoms with Crippen LogP contribution in [0.2, 0.25) is 0 Å². The molecule has 22 heavy (non-hydrogen) atoms. The summed E-state index contributed by atoms with van der Waals surface area (Å²) >= 11 is 0. The maximum atomic E-state index is 12.7. The first-order valence-electron chi connectivity index (χ1n) is 7.63. The molecule has 0 radical (unpaired) electrons. The van der Waals surface area contributed by atoms with Crippen LogP contribution in [0, 0.1) is 19.3 Å². The van der Waals surface area contributed by atoms with Crippen molar-refractivity contribution >= 4 is 10.0 Å². The molecule has 1 saturated carbocycles. The van der Waals surface area contributed by atoms with E-state index in [1.807, 2.05) is 6.92 Å². The lowest BCUT2D eigenvalue weighted by Crippen LogP contribution is -2.32. The number of sulfonamides is 1. The smallest absolute Gasteiger partial charge is 0.241 e. The minimum absolute atomic E-state index is 0.0446. The zero-order valence-corrected chi connectivity index (χ0v) is 14.1. The SMILES string of the molecule is COc1cc(C)c(S(=O)(=O)NC2CC23CCOCC3)cc1C. The molecule has 1 heterocycles. The van der Waals surface area contributed by atoms with E-state index >= 15 is 0 Å². The normalized spacial score (nSPS) is 23.5. The Morgan fingerprint density at radius 1 is 1.23 bits per heavy atom. The molecule has 1 atom stereocenters. The van der Waals surface area contributed by atoms with E-state index in [1.165, 1.54) is 0 Å². The van der Waals surface area contributed by atoms with Gasteiger partial charge in [-0.3, -0.25) is 0 Å². The molecule has 0 aromatic heterocycles. The zero-order valence-electron chi connectivity index (χ0n) is 13.3. The molecule has 5 nitrogen and oxygen atoms in total. The molecule has 1 aromatic carbocycles. The number of benzene rings is 1. The Kier molecular flexibility index (Phi) is 3.95. The summed E-state index contributed by atoms with van der Waals surface area (Å²) in [4.78, 5) is 0.347. The lowest BCUT2D eigenvalue weighted by molar-refractivity contribution is 0.0553. The van der Waals surface area contributed by atoms with Crippen molar-refractivity contribution in [1.82, 2.24) is 4.72 Å². The highest BCUT2D eigenvalue weighted by Gasteiger charge is 2.55. The van der Waals surface area contributed by atoms with E-state index in [0.717, 1.165) is 38.0 Å². The van der Waals surface area contributed by atoms with Gasteiger partial charge in [-0.2, -0.15) is 0 Å². The molecular formula is C16H23NO4S. The van der Waals surface area contributed by atoms with Gasteiger partial charge in [0.25, 0.3) is 0 Å². The highest BCUT2D eigenvalue weighted by molar-refractivity contribution is 7.89. The van der Waals surface area contributed by atoms with Gasteiger partial charge >= 0.3 is 0 Å². The maximum Gasteiger partial charge on any atom is 0.241 e. The molecule has 6 heteroatoms. The van der Waals surface area contributed by atoms with Gasteiger partial charge in [0.05, 0.1) is 12.0 Å². The van der Waals surface area contributed by atoms with Gasteiger partial charge in [-0.05, 0) is 61.8 Å². The Bertz CT molecular complexity index is 678. The lowest BCUT2D eigenvalue weighted by Gasteiger charge is -2.23. The van der Waals surface area contributed by atoms with E-state index in [4.69, 9.17) is 9.47 Å². The molecule has 0 amide bonds. The van der Waals surface area contributed by atoms with Crippen molar-refractivity contribution in [2.24, 2.45) is 5.41 Å². The minimum atomic E-state index is -3.50. The van der Waals surface area contributed by atoms with E-state index in [9.17, 15) is 8.42 Å². The van der Waals surface area contributed by atoms with Crippen LogP contribution >= 0.6 is 0 Å². The van der Waals surface area contributed by atoms with Gasteiger partial charge in [-0.1, -0.05) is 0 Å². The Balaban J connectivity index is 1.81. The highest BCUT2D eigenvalue weighted by atomic mass is 32.2. The van der Waals surface area contributed by atoms with Crippen molar-refractivity contribution in [2.45, 2.75) is 44.0 Å². The van der Waals surface area contributed by atoms with Crippen LogP contribution in [-0.4, -0.2) is 34.8 Å². The largest absolute Gasteiger partial charge is 0.496 e. The average Bonchev–Trinajstić information content (AvgIpc) is 3.11. The van der Waals surface area contributed by atoms with Crippen LogP contribution in [0.3, 0.4) is 0 Å². The molecule has 0 bridgehead atoms. The summed E-state index contributed by atoms with van der Waals surface area (Å²) in [5.74, 6) is 0.712. The number of hydrogen-bond acceptors (Lipinski definition) is 4. The molecule has 1 aromatic rings. The molecule has 3 rings (SSSR count). The predicted molar refractivity (Wildman–Crippen MR) is 83.7 cm³/mol. The van der Waals surface area contributed by atoms with Crippen LogP contribution < -0.4 is 9.46 Å². The zero-order chi connectivity index (χ0) is 16.0. The molecule has 1 saturated heterocycles. The van der Waals surface area contributed by atoms with Gasteiger partial charge < -0.3 is 9.47 Å². The first-order valence-corrected chi connectivity index (χ1v) is 9.12. The topological polar surface area (TPSA) is 64.6 Å². The second kappa shape index (κ2) is 5.51. The van der Waals surface area contributed by atoms with Crippen molar-refractivity contribution in [2.75, 3.05) is 20.3 Å². The third-order valence-electron chi connectivity index (χ3n) is 4.96. The van der Waals surface area contributed by atoms with Gasteiger partial charge in [-0.15, -0.1) is 0 Å². The number of ether oxygens (including phenoxy) is 2. The minimum Gasteiger partial charge on any atom is -0.496 e. The van der Waals surface area contributed by atoms with Crippen LogP contribution in [0.5, 0.6) is 5.75 Å². The molecule has 1 N–H and O–H groups in total. The molecule has 122 valence electrons. The van der Waals surface area contributed by atoms with Gasteiger partial charge in [0, 0.05) is 19.3 Å². The first kappa shape index (κ1) is 15.8. The molecular weight excluding hydrogens is 302 g/mol. The second-order valence-electron chi connectivity index (χ2n) is 6.44. The molecule has 1 unspecified atom stereocenters. The summed E-state index contributed by atoms with van der Waals surface area (Å²) in [6.45, 7) is 5.12. The maximum absolute atomic E-state index is 12.7. The molecule has 1 spiro atoms. The Morgan fingerprint density at radius 3 is 2.55 bits per heavy atom. The van der Waals surface area contributed by atoms with Gasteiger partial charge in [0.2, 0.25) is 10.0 Å². The molecule has 2 fully saturated rings. The van der Waals surface area contributed by atoms with Crippen molar-refractivity contribution in [3.05, 3.63) is 23.3 Å². The van der Waals surface area contributed by atoms with E-state index < -0.39 is 10.0 Å². The second-order valence-corrected chi connectivity index (χ2v) is 8.12. The summed E-state index contributed by atoms with van der Waals surface area (Å²) in [7, 11) is -1.91. The van der Waals surface area contributed by atoms with Crippen molar-refractivity contribution in [3.63, 3.8) is 0 Å². The van der Waals surface area contributed by atoms with Crippen LogP contribution in [0.1, 0.15) is 30.4 Å². The third-order valence-corrected chi connectivity index (χ3v) is 6.57. The van der Waals surface area contributed by atoms with Crippen molar-refractivity contribution in [3.8, 4) is 5.75 Å². The lowest BCUT2D eigenvalue weighted by atomic mass is 9.96. The van der Waals surface area contributed by atoms with Gasteiger partial charge in [0.15, 0.2) is 0 Å². The van der Waals surface area contributed by atoms with Crippen LogP contribution in [-0.2, 0) is 14.8 Å². The van der Waals surface area contributed by atoms with E-state index in [1.54, 1.807) is 26.2 Å². The quantitative estimate of drug-likeness (QED) is 0.921. The summed E-state index contributed by atoms with van der Waals surface area (Å²) < 4.78 is 38.9. The highest BCUT2D eigenvalue weighted by Crippen LogP contribution is 2.54.